The van der Waals surface area contributed by atoms with Crippen LogP contribution in [-0.2, 0) is 4.79 Å². The summed E-state index contributed by atoms with van der Waals surface area (Å²) in [6.45, 7) is 0. The number of aliphatic carboxylic acids is 1. The van der Waals surface area contributed by atoms with Crippen molar-refractivity contribution in [1.29, 1.82) is 0 Å². The van der Waals surface area contributed by atoms with E-state index in [0.29, 0.717) is 29.6 Å². The van der Waals surface area contributed by atoms with E-state index >= 15 is 0 Å². The molecule has 0 spiro atoms. The van der Waals surface area contributed by atoms with Gasteiger partial charge in [0.25, 0.3) is 0 Å². The first-order valence-corrected chi connectivity index (χ1v) is 5.19. The molecule has 0 heterocycles. The first kappa shape index (κ1) is 13.2. The van der Waals surface area contributed by atoms with Crippen molar-refractivity contribution in [3.8, 4) is 5.75 Å². The van der Waals surface area contributed by atoms with E-state index in [1.807, 2.05) is 0 Å². The maximum Gasteiger partial charge on any atom is 0.303 e. The van der Waals surface area contributed by atoms with E-state index in [1.54, 1.807) is 18.2 Å². The van der Waals surface area contributed by atoms with Crippen LogP contribution < -0.4 is 10.5 Å². The Kier molecular flexibility index (Phi) is 4.66. The van der Waals surface area contributed by atoms with Crippen LogP contribution in [-0.4, -0.2) is 24.5 Å². The molecule has 3 N–H and O–H groups in total. The molecule has 0 aliphatic heterocycles. The van der Waals surface area contributed by atoms with Gasteiger partial charge in [0.05, 0.1) is 7.11 Å². The predicted octanol–water partition coefficient (Wildman–Crippen LogP) is 1.37. The molecule has 92 valence electrons. The molecule has 0 radical (unpaired) electrons. The number of hydrogen-bond acceptors (Lipinski definition) is 4. The topological polar surface area (TPSA) is 89.6 Å². The zero-order valence-corrected chi connectivity index (χ0v) is 9.55. The highest BCUT2D eigenvalue weighted by molar-refractivity contribution is 5.78. The third-order valence-corrected chi connectivity index (χ3v) is 2.49. The lowest BCUT2D eigenvalue weighted by Gasteiger charge is -2.13. The molecule has 0 aromatic heterocycles. The summed E-state index contributed by atoms with van der Waals surface area (Å²) >= 11 is 0. The van der Waals surface area contributed by atoms with E-state index in [9.17, 15) is 9.59 Å². The Morgan fingerprint density at radius 3 is 2.82 bits per heavy atom. The molecule has 1 aromatic rings. The molecule has 1 unspecified atom stereocenters. The third-order valence-electron chi connectivity index (χ3n) is 2.49. The number of carboxylic acid groups (broad SMARTS) is 1. The van der Waals surface area contributed by atoms with Gasteiger partial charge in [-0.2, -0.15) is 0 Å². The smallest absolute Gasteiger partial charge is 0.303 e. The second-order valence-corrected chi connectivity index (χ2v) is 3.65. The maximum absolute atomic E-state index is 10.9. The number of hydrogen-bond donors (Lipinski definition) is 2. The summed E-state index contributed by atoms with van der Waals surface area (Å²) < 4.78 is 5.00. The highest BCUT2D eigenvalue weighted by Crippen LogP contribution is 2.23. The minimum Gasteiger partial charge on any atom is -0.497 e. The molecule has 1 aromatic carbocycles. The van der Waals surface area contributed by atoms with Crippen LogP contribution in [0.2, 0.25) is 0 Å². The number of methoxy groups -OCH3 is 1. The lowest BCUT2D eigenvalue weighted by molar-refractivity contribution is -0.137. The minimum absolute atomic E-state index is 0.0223. The highest BCUT2D eigenvalue weighted by Gasteiger charge is 2.13. The lowest BCUT2D eigenvalue weighted by atomic mass is 9.98. The van der Waals surface area contributed by atoms with Gasteiger partial charge in [0.15, 0.2) is 6.29 Å². The molecule has 0 saturated heterocycles. The van der Waals surface area contributed by atoms with E-state index < -0.39 is 12.0 Å². The van der Waals surface area contributed by atoms with E-state index in [1.165, 1.54) is 7.11 Å². The Balaban J connectivity index is 2.88. The van der Waals surface area contributed by atoms with Crippen LogP contribution in [0.15, 0.2) is 18.2 Å². The summed E-state index contributed by atoms with van der Waals surface area (Å²) in [4.78, 5) is 21.4. The van der Waals surface area contributed by atoms with Gasteiger partial charge in [0.2, 0.25) is 0 Å². The molecule has 0 fully saturated rings. The number of carbonyl (C=O) groups excluding carboxylic acids is 1. The fourth-order valence-corrected chi connectivity index (χ4v) is 1.55. The number of carboxylic acids is 1. The van der Waals surface area contributed by atoms with Crippen molar-refractivity contribution in [1.82, 2.24) is 0 Å². The zero-order chi connectivity index (χ0) is 12.8. The Labute approximate surface area is 99.2 Å². The average molecular weight is 237 g/mol. The molecule has 1 rings (SSSR count). The minimum atomic E-state index is -0.901. The number of aldehydes is 1. The molecule has 0 bridgehead atoms. The monoisotopic (exact) mass is 237 g/mol. The van der Waals surface area contributed by atoms with Gasteiger partial charge in [0.1, 0.15) is 5.75 Å². The van der Waals surface area contributed by atoms with Crippen LogP contribution in [0.25, 0.3) is 0 Å². The molecule has 0 aliphatic carbocycles. The first-order chi connectivity index (χ1) is 8.08. The predicted molar refractivity (Wildman–Crippen MR) is 62.2 cm³/mol. The van der Waals surface area contributed by atoms with Crippen molar-refractivity contribution in [2.24, 2.45) is 5.73 Å². The number of ether oxygens (including phenoxy) is 1. The summed E-state index contributed by atoms with van der Waals surface area (Å²) in [6.07, 6.45) is 0.965. The highest BCUT2D eigenvalue weighted by atomic mass is 16.5. The second-order valence-electron chi connectivity index (χ2n) is 3.65. The summed E-state index contributed by atoms with van der Waals surface area (Å²) in [5.74, 6) is -0.331. The fourth-order valence-electron chi connectivity index (χ4n) is 1.55. The Hall–Kier alpha value is -1.88. The summed E-state index contributed by atoms with van der Waals surface area (Å²) in [5.41, 5.74) is 6.92. The number of carbonyl (C=O) groups is 2. The molecular weight excluding hydrogens is 222 g/mol. The molecule has 1 atom stereocenters. The fraction of sp³-hybridized carbons (Fsp3) is 0.333. The zero-order valence-electron chi connectivity index (χ0n) is 9.55. The molecule has 5 heteroatoms. The van der Waals surface area contributed by atoms with Gasteiger partial charge >= 0.3 is 5.97 Å². The normalized spacial score (nSPS) is 11.9. The third kappa shape index (κ3) is 3.57. The summed E-state index contributed by atoms with van der Waals surface area (Å²) in [5, 5.41) is 8.57. The van der Waals surface area contributed by atoms with Gasteiger partial charge in [-0.1, -0.05) is 6.07 Å². The van der Waals surface area contributed by atoms with Crippen molar-refractivity contribution in [2.75, 3.05) is 7.11 Å². The van der Waals surface area contributed by atoms with Crippen molar-refractivity contribution >= 4 is 12.3 Å². The molecule has 0 aliphatic rings. The van der Waals surface area contributed by atoms with Crippen LogP contribution in [0.3, 0.4) is 0 Å². The van der Waals surface area contributed by atoms with Crippen molar-refractivity contribution < 1.29 is 19.4 Å². The van der Waals surface area contributed by atoms with E-state index in [-0.39, 0.29) is 6.42 Å². The maximum atomic E-state index is 10.9. The Morgan fingerprint density at radius 1 is 1.59 bits per heavy atom. The van der Waals surface area contributed by atoms with Gasteiger partial charge in [-0.05, 0) is 24.1 Å². The number of benzene rings is 1. The molecule has 17 heavy (non-hydrogen) atoms. The molecular formula is C12H15NO4. The Bertz CT molecular complexity index is 417. The van der Waals surface area contributed by atoms with Crippen molar-refractivity contribution in [3.05, 3.63) is 29.3 Å². The van der Waals surface area contributed by atoms with E-state index in [2.05, 4.69) is 0 Å². The van der Waals surface area contributed by atoms with Crippen molar-refractivity contribution in [3.63, 3.8) is 0 Å². The van der Waals surface area contributed by atoms with Crippen molar-refractivity contribution in [2.45, 2.75) is 18.9 Å². The second kappa shape index (κ2) is 6.00. The largest absolute Gasteiger partial charge is 0.497 e. The average Bonchev–Trinajstić information content (AvgIpc) is 2.34. The van der Waals surface area contributed by atoms with Gasteiger partial charge in [-0.25, -0.2) is 0 Å². The van der Waals surface area contributed by atoms with Crippen LogP contribution in [0, 0.1) is 0 Å². The summed E-state index contributed by atoms with van der Waals surface area (Å²) in [7, 11) is 1.51. The van der Waals surface area contributed by atoms with Crippen LogP contribution in [0.4, 0.5) is 0 Å². The number of nitrogens with two attached hydrogens (primary N) is 1. The van der Waals surface area contributed by atoms with Crippen LogP contribution >= 0.6 is 0 Å². The molecule has 0 amide bonds. The number of rotatable bonds is 6. The van der Waals surface area contributed by atoms with Crippen LogP contribution in [0.1, 0.15) is 34.8 Å². The summed E-state index contributed by atoms with van der Waals surface area (Å²) in [6, 6.07) is 4.51. The van der Waals surface area contributed by atoms with E-state index in [0.717, 1.165) is 0 Å². The quantitative estimate of drug-likeness (QED) is 0.729. The van der Waals surface area contributed by atoms with Gasteiger partial charge in [-0.15, -0.1) is 0 Å². The Morgan fingerprint density at radius 2 is 2.29 bits per heavy atom. The van der Waals surface area contributed by atoms with Gasteiger partial charge < -0.3 is 15.6 Å². The van der Waals surface area contributed by atoms with Crippen LogP contribution in [0.5, 0.6) is 5.75 Å². The van der Waals surface area contributed by atoms with Gasteiger partial charge in [-0.3, -0.25) is 9.59 Å². The SMILES string of the molecule is COc1ccc(C(N)CCC(=O)O)c(C=O)c1. The van der Waals surface area contributed by atoms with E-state index in [4.69, 9.17) is 15.6 Å². The van der Waals surface area contributed by atoms with Gasteiger partial charge in [0, 0.05) is 18.0 Å². The molecule has 5 nitrogen and oxygen atoms in total. The molecule has 0 saturated carbocycles. The first-order valence-electron chi connectivity index (χ1n) is 5.19. The standard InChI is InChI=1S/C12H15NO4/c1-17-9-2-3-10(8(6-9)7-14)11(13)4-5-12(15)16/h2-3,6-7,11H,4-5,13H2,1H3,(H,15,16). The lowest BCUT2D eigenvalue weighted by Crippen LogP contribution is -2.14.